The van der Waals surface area contributed by atoms with Gasteiger partial charge in [-0.3, -0.25) is 0 Å². The molecule has 0 aromatic heterocycles. The fraction of sp³-hybridized carbons (Fsp3) is 0.778. The average Bonchev–Trinajstić information content (AvgIpc) is 1.95. The molecule has 1 nitrogen and oxygen atoms in total. The van der Waals surface area contributed by atoms with Crippen molar-refractivity contribution in [3.63, 3.8) is 0 Å². The van der Waals surface area contributed by atoms with E-state index in [1.165, 1.54) is 10.9 Å². The Labute approximate surface area is 81.8 Å². The van der Waals surface area contributed by atoms with Crippen LogP contribution in [-0.2, 0) is 0 Å². The van der Waals surface area contributed by atoms with Gasteiger partial charge in [0, 0.05) is 8.07 Å². The highest BCUT2D eigenvalue weighted by Gasteiger charge is 2.14. The molecular formula is C9H21NSSi. The van der Waals surface area contributed by atoms with Crippen molar-refractivity contribution in [3.8, 4) is 0 Å². The molecule has 0 aromatic carbocycles. The summed E-state index contributed by atoms with van der Waals surface area (Å²) in [5.41, 5.74) is 5.45. The predicted octanol–water partition coefficient (Wildman–Crippen LogP) is 2.92. The second kappa shape index (κ2) is 5.83. The summed E-state index contributed by atoms with van der Waals surface area (Å²) in [6.45, 7) is 7.98. The molecule has 0 aliphatic rings. The smallest absolute Gasteiger partial charge is 0.0493 e. The van der Waals surface area contributed by atoms with Crippen LogP contribution >= 0.6 is 11.8 Å². The summed E-state index contributed by atoms with van der Waals surface area (Å²) in [6, 6.07) is 1.30. The molecule has 0 radical (unpaired) electrons. The summed E-state index contributed by atoms with van der Waals surface area (Å²) in [5.74, 6) is 0. The number of hydrogen-bond donors (Lipinski definition) is 1. The molecular weight excluding hydrogens is 182 g/mol. The molecule has 0 saturated carbocycles. The van der Waals surface area contributed by atoms with E-state index in [1.807, 2.05) is 11.8 Å². The van der Waals surface area contributed by atoms with Crippen molar-refractivity contribution in [2.75, 3.05) is 12.8 Å². The Hall–Kier alpha value is 0.267. The van der Waals surface area contributed by atoms with Crippen LogP contribution in [0.1, 0.15) is 6.42 Å². The van der Waals surface area contributed by atoms with Crippen LogP contribution < -0.4 is 5.73 Å². The van der Waals surface area contributed by atoms with Gasteiger partial charge in [0.05, 0.1) is 0 Å². The van der Waals surface area contributed by atoms with Gasteiger partial charge in [0.25, 0.3) is 0 Å². The van der Waals surface area contributed by atoms with Crippen molar-refractivity contribution >= 4 is 19.8 Å². The lowest BCUT2D eigenvalue weighted by molar-refractivity contribution is 1.00. The lowest BCUT2D eigenvalue weighted by Gasteiger charge is -2.16. The Morgan fingerprint density at radius 1 is 1.42 bits per heavy atom. The normalized spacial score (nSPS) is 13.6. The maximum absolute atomic E-state index is 5.45. The first kappa shape index (κ1) is 12.3. The third-order valence-electron chi connectivity index (χ3n) is 1.51. The fourth-order valence-corrected chi connectivity index (χ4v) is 4.35. The molecule has 0 heterocycles. The van der Waals surface area contributed by atoms with Crippen LogP contribution in [0.15, 0.2) is 11.0 Å². The van der Waals surface area contributed by atoms with Gasteiger partial charge in [-0.15, -0.1) is 11.8 Å². The average molecular weight is 203 g/mol. The quantitative estimate of drug-likeness (QED) is 0.695. The third kappa shape index (κ3) is 6.95. The summed E-state index contributed by atoms with van der Waals surface area (Å²) in [4.78, 5) is 1.53. The minimum atomic E-state index is -0.921. The number of nitrogens with two attached hydrogens (primary N) is 1. The van der Waals surface area contributed by atoms with E-state index in [9.17, 15) is 0 Å². The van der Waals surface area contributed by atoms with Gasteiger partial charge in [-0.05, 0) is 30.2 Å². The first-order chi connectivity index (χ1) is 5.49. The van der Waals surface area contributed by atoms with Crippen molar-refractivity contribution in [2.45, 2.75) is 32.1 Å². The summed E-state index contributed by atoms with van der Waals surface area (Å²) < 4.78 is 0. The van der Waals surface area contributed by atoms with Crippen LogP contribution in [0.2, 0.25) is 25.7 Å². The van der Waals surface area contributed by atoms with E-state index in [4.69, 9.17) is 5.73 Å². The van der Waals surface area contributed by atoms with Gasteiger partial charge in [0.2, 0.25) is 0 Å². The van der Waals surface area contributed by atoms with Gasteiger partial charge < -0.3 is 5.73 Å². The highest BCUT2D eigenvalue weighted by Crippen LogP contribution is 2.24. The van der Waals surface area contributed by atoms with Crippen molar-refractivity contribution < 1.29 is 0 Å². The molecule has 0 aromatic rings. The first-order valence-corrected chi connectivity index (χ1v) is 9.36. The number of thioether (sulfide) groups is 1. The summed E-state index contributed by atoms with van der Waals surface area (Å²) in [7, 11) is -0.921. The highest BCUT2D eigenvalue weighted by atomic mass is 32.2. The van der Waals surface area contributed by atoms with Crippen LogP contribution in [-0.4, -0.2) is 20.9 Å². The highest BCUT2D eigenvalue weighted by molar-refractivity contribution is 8.02. The van der Waals surface area contributed by atoms with Crippen molar-refractivity contribution in [1.82, 2.24) is 0 Å². The van der Waals surface area contributed by atoms with E-state index in [0.29, 0.717) is 0 Å². The second-order valence-electron chi connectivity index (χ2n) is 4.19. The van der Waals surface area contributed by atoms with E-state index < -0.39 is 8.07 Å². The van der Waals surface area contributed by atoms with Crippen LogP contribution in [0.25, 0.3) is 0 Å². The minimum Gasteiger partial charge on any atom is -0.330 e. The number of allylic oxidation sites excluding steroid dienone is 1. The lowest BCUT2D eigenvalue weighted by Crippen LogP contribution is -2.19. The van der Waals surface area contributed by atoms with Gasteiger partial charge in [0.15, 0.2) is 0 Å². The molecule has 0 fully saturated rings. The maximum atomic E-state index is 5.45. The predicted molar refractivity (Wildman–Crippen MR) is 63.4 cm³/mol. The van der Waals surface area contributed by atoms with Gasteiger partial charge in [-0.2, -0.15) is 0 Å². The molecule has 72 valence electrons. The van der Waals surface area contributed by atoms with E-state index in [-0.39, 0.29) is 0 Å². The molecule has 0 saturated heterocycles. The van der Waals surface area contributed by atoms with E-state index in [2.05, 4.69) is 32.0 Å². The van der Waals surface area contributed by atoms with Gasteiger partial charge >= 0.3 is 0 Å². The van der Waals surface area contributed by atoms with Gasteiger partial charge in [0.1, 0.15) is 0 Å². The van der Waals surface area contributed by atoms with Crippen LogP contribution in [0.5, 0.6) is 0 Å². The minimum absolute atomic E-state index is 0.774. The molecule has 0 rings (SSSR count). The third-order valence-corrected chi connectivity index (χ3v) is 4.04. The van der Waals surface area contributed by atoms with Crippen molar-refractivity contribution in [2.24, 2.45) is 5.73 Å². The molecule has 0 spiro atoms. The molecule has 0 bridgehead atoms. The Bertz CT molecular complexity index is 149. The molecule has 0 aliphatic carbocycles. The van der Waals surface area contributed by atoms with Gasteiger partial charge in [-0.25, -0.2) is 0 Å². The van der Waals surface area contributed by atoms with Crippen LogP contribution in [0, 0.1) is 0 Å². The zero-order chi connectivity index (χ0) is 9.61. The van der Waals surface area contributed by atoms with Crippen LogP contribution in [0.4, 0.5) is 0 Å². The van der Waals surface area contributed by atoms with Crippen molar-refractivity contribution in [3.05, 3.63) is 11.0 Å². The van der Waals surface area contributed by atoms with Gasteiger partial charge in [-0.1, -0.05) is 25.7 Å². The zero-order valence-electron chi connectivity index (χ0n) is 8.68. The summed E-state index contributed by atoms with van der Waals surface area (Å²) in [5, 5.41) is 0. The largest absolute Gasteiger partial charge is 0.330 e. The Kier molecular flexibility index (Phi) is 5.96. The number of hydrogen-bond acceptors (Lipinski definition) is 2. The second-order valence-corrected chi connectivity index (χ2v) is 10.6. The van der Waals surface area contributed by atoms with E-state index in [0.717, 1.165) is 13.0 Å². The summed E-state index contributed by atoms with van der Waals surface area (Å²) >= 11 is 1.88. The summed E-state index contributed by atoms with van der Waals surface area (Å²) in [6.07, 6.45) is 5.48. The Morgan fingerprint density at radius 3 is 2.33 bits per heavy atom. The molecule has 3 heteroatoms. The fourth-order valence-electron chi connectivity index (χ4n) is 0.995. The molecule has 0 unspecified atom stereocenters. The maximum Gasteiger partial charge on any atom is 0.0493 e. The molecule has 2 N–H and O–H groups in total. The molecule has 0 amide bonds. The Balaban J connectivity index is 3.99. The van der Waals surface area contributed by atoms with E-state index in [1.54, 1.807) is 0 Å². The molecule has 0 atom stereocenters. The Morgan fingerprint density at radius 2 is 2.00 bits per heavy atom. The topological polar surface area (TPSA) is 26.0 Å². The standard InChI is InChI=1S/C9H21NSSi/c1-11-9(6-5-7-10)8-12(2,3)4/h6H,5,7-8,10H2,1-4H3/b9-6-. The molecule has 0 aliphatic heterocycles. The van der Waals surface area contributed by atoms with Crippen molar-refractivity contribution in [1.29, 1.82) is 0 Å². The number of rotatable bonds is 5. The monoisotopic (exact) mass is 203 g/mol. The first-order valence-electron chi connectivity index (χ1n) is 4.42. The van der Waals surface area contributed by atoms with E-state index >= 15 is 0 Å². The SMILES string of the molecule is CS/C(=C\CCN)C[Si](C)(C)C. The lowest BCUT2D eigenvalue weighted by atomic mass is 10.4. The zero-order valence-corrected chi connectivity index (χ0v) is 10.5. The van der Waals surface area contributed by atoms with Crippen LogP contribution in [0.3, 0.4) is 0 Å². The molecule has 12 heavy (non-hydrogen) atoms.